The maximum absolute atomic E-state index is 13.4. The number of aliphatic hydroxyl groups is 1. The van der Waals surface area contributed by atoms with Gasteiger partial charge in [-0.05, 0) is 49.1 Å². The van der Waals surface area contributed by atoms with Crippen molar-refractivity contribution >= 4 is 21.6 Å². The molecule has 1 fully saturated rings. The molecule has 1 aromatic carbocycles. The van der Waals surface area contributed by atoms with Gasteiger partial charge in [-0.25, -0.2) is 22.5 Å². The largest absolute Gasteiger partial charge is 0.396 e. The standard InChI is InChI=1S/C17H15ClFN3O3S/c18-14-7-12(26(24,25)22-11-5-10(6-11)9-23)1-2-13(14)16-4-3-15(19)17(8-20)21-16/h1-4,7,10-11,22-23H,5-6,9H2/t10-,11+. The van der Waals surface area contributed by atoms with Crippen molar-refractivity contribution < 1.29 is 17.9 Å². The van der Waals surface area contributed by atoms with Crippen molar-refractivity contribution in [2.24, 2.45) is 5.92 Å². The van der Waals surface area contributed by atoms with Crippen LogP contribution >= 0.6 is 11.6 Å². The molecule has 0 bridgehead atoms. The van der Waals surface area contributed by atoms with Gasteiger partial charge in [0.2, 0.25) is 10.0 Å². The van der Waals surface area contributed by atoms with E-state index in [0.717, 1.165) is 6.07 Å². The quantitative estimate of drug-likeness (QED) is 0.809. The molecule has 0 spiro atoms. The van der Waals surface area contributed by atoms with Crippen molar-refractivity contribution in [1.29, 1.82) is 5.26 Å². The minimum Gasteiger partial charge on any atom is -0.396 e. The zero-order valence-corrected chi connectivity index (χ0v) is 15.1. The fraction of sp³-hybridized carbons (Fsp3) is 0.294. The van der Waals surface area contributed by atoms with Crippen LogP contribution in [0, 0.1) is 23.1 Å². The maximum Gasteiger partial charge on any atom is 0.240 e. The predicted molar refractivity (Wildman–Crippen MR) is 93.3 cm³/mol. The number of nitrogens with zero attached hydrogens (tertiary/aromatic N) is 2. The van der Waals surface area contributed by atoms with Gasteiger partial charge in [-0.3, -0.25) is 0 Å². The molecule has 3 rings (SSSR count). The summed E-state index contributed by atoms with van der Waals surface area (Å²) in [4.78, 5) is 3.89. The van der Waals surface area contributed by atoms with E-state index in [1.807, 2.05) is 0 Å². The summed E-state index contributed by atoms with van der Waals surface area (Å²) in [6, 6.07) is 8.06. The number of hydrogen-bond acceptors (Lipinski definition) is 5. The monoisotopic (exact) mass is 395 g/mol. The molecule has 1 aliphatic rings. The highest BCUT2D eigenvalue weighted by Gasteiger charge is 2.32. The Kier molecular flexibility index (Phi) is 5.25. The summed E-state index contributed by atoms with van der Waals surface area (Å²) in [5.74, 6) is -0.606. The summed E-state index contributed by atoms with van der Waals surface area (Å²) in [7, 11) is -3.74. The zero-order valence-electron chi connectivity index (χ0n) is 13.5. The average molecular weight is 396 g/mol. The van der Waals surface area contributed by atoms with E-state index in [4.69, 9.17) is 22.0 Å². The van der Waals surface area contributed by atoms with Crippen LogP contribution in [0.2, 0.25) is 5.02 Å². The lowest BCUT2D eigenvalue weighted by Crippen LogP contribution is -2.45. The Bertz CT molecular complexity index is 985. The third kappa shape index (κ3) is 3.71. The van der Waals surface area contributed by atoms with E-state index in [-0.39, 0.29) is 39.9 Å². The number of sulfonamides is 1. The summed E-state index contributed by atoms with van der Waals surface area (Å²) in [6.07, 6.45) is 1.19. The number of hydrogen-bond donors (Lipinski definition) is 2. The van der Waals surface area contributed by atoms with Crippen molar-refractivity contribution in [3.63, 3.8) is 0 Å². The van der Waals surface area contributed by atoms with Crippen molar-refractivity contribution in [1.82, 2.24) is 9.71 Å². The smallest absolute Gasteiger partial charge is 0.240 e. The lowest BCUT2D eigenvalue weighted by Gasteiger charge is -2.34. The first-order valence-corrected chi connectivity index (χ1v) is 9.70. The van der Waals surface area contributed by atoms with Crippen LogP contribution < -0.4 is 4.72 Å². The van der Waals surface area contributed by atoms with Gasteiger partial charge in [0.25, 0.3) is 0 Å². The number of aromatic nitrogens is 1. The Morgan fingerprint density at radius 3 is 2.69 bits per heavy atom. The van der Waals surface area contributed by atoms with Crippen molar-refractivity contribution in [3.8, 4) is 17.3 Å². The number of halogens is 2. The number of nitriles is 1. The molecule has 1 saturated carbocycles. The van der Waals surface area contributed by atoms with Crippen LogP contribution in [0.1, 0.15) is 18.5 Å². The molecule has 0 atom stereocenters. The molecule has 0 aliphatic heterocycles. The highest BCUT2D eigenvalue weighted by molar-refractivity contribution is 7.89. The molecule has 0 saturated heterocycles. The van der Waals surface area contributed by atoms with E-state index in [9.17, 15) is 12.8 Å². The minimum absolute atomic E-state index is 0.00122. The Morgan fingerprint density at radius 1 is 1.35 bits per heavy atom. The molecule has 2 N–H and O–H groups in total. The highest BCUT2D eigenvalue weighted by atomic mass is 35.5. The topological polar surface area (TPSA) is 103 Å². The molecule has 1 aromatic heterocycles. The Balaban J connectivity index is 1.85. The normalized spacial score (nSPS) is 19.6. The van der Waals surface area contributed by atoms with Gasteiger partial charge in [0.1, 0.15) is 6.07 Å². The van der Waals surface area contributed by atoms with Crippen LogP contribution in [0.4, 0.5) is 4.39 Å². The van der Waals surface area contributed by atoms with Crippen molar-refractivity contribution in [2.45, 2.75) is 23.8 Å². The zero-order chi connectivity index (χ0) is 18.9. The molecule has 136 valence electrons. The van der Waals surface area contributed by atoms with E-state index < -0.39 is 15.8 Å². The fourth-order valence-electron chi connectivity index (χ4n) is 2.81. The third-order valence-corrected chi connectivity index (χ3v) is 6.13. The van der Waals surface area contributed by atoms with Gasteiger partial charge >= 0.3 is 0 Å². The lowest BCUT2D eigenvalue weighted by atomic mass is 9.82. The molecule has 1 heterocycles. The first-order valence-electron chi connectivity index (χ1n) is 7.84. The molecule has 0 unspecified atom stereocenters. The molecule has 26 heavy (non-hydrogen) atoms. The fourth-order valence-corrected chi connectivity index (χ4v) is 4.44. The van der Waals surface area contributed by atoms with E-state index in [1.165, 1.54) is 24.3 Å². The SMILES string of the molecule is N#Cc1nc(-c2ccc(S(=O)(=O)N[C@H]3C[C@@H](CO)C3)cc2Cl)ccc1F. The molecule has 2 aromatic rings. The predicted octanol–water partition coefficient (Wildman–Crippen LogP) is 2.46. The van der Waals surface area contributed by atoms with Crippen LogP contribution in [0.15, 0.2) is 35.2 Å². The van der Waals surface area contributed by atoms with Crippen LogP contribution in [-0.2, 0) is 10.0 Å². The first kappa shape index (κ1) is 18.7. The molecular weight excluding hydrogens is 381 g/mol. The van der Waals surface area contributed by atoms with Crippen LogP contribution in [0.5, 0.6) is 0 Å². The highest BCUT2D eigenvalue weighted by Crippen LogP contribution is 2.31. The van der Waals surface area contributed by atoms with Gasteiger partial charge in [-0.1, -0.05) is 11.6 Å². The Labute approximate surface area is 155 Å². The van der Waals surface area contributed by atoms with Gasteiger partial charge in [0.15, 0.2) is 11.5 Å². The summed E-state index contributed by atoms with van der Waals surface area (Å²) in [5.41, 5.74) is 0.307. The first-order chi connectivity index (χ1) is 12.3. The number of rotatable bonds is 5. The molecule has 1 aliphatic carbocycles. The lowest BCUT2D eigenvalue weighted by molar-refractivity contribution is 0.137. The third-order valence-electron chi connectivity index (χ3n) is 4.29. The summed E-state index contributed by atoms with van der Waals surface area (Å²) in [5, 5.41) is 18.0. The van der Waals surface area contributed by atoms with Crippen molar-refractivity contribution in [3.05, 3.63) is 46.9 Å². The van der Waals surface area contributed by atoms with Gasteiger partial charge in [0, 0.05) is 18.2 Å². The van der Waals surface area contributed by atoms with Gasteiger partial charge < -0.3 is 5.11 Å². The second kappa shape index (κ2) is 7.29. The van der Waals surface area contributed by atoms with E-state index in [2.05, 4.69) is 9.71 Å². The summed E-state index contributed by atoms with van der Waals surface area (Å²) < 4.78 is 40.8. The Hall–Kier alpha value is -2.05. The summed E-state index contributed by atoms with van der Waals surface area (Å²) >= 11 is 6.19. The Morgan fingerprint density at radius 2 is 2.08 bits per heavy atom. The van der Waals surface area contributed by atoms with Gasteiger partial charge in [0.05, 0.1) is 15.6 Å². The number of nitrogens with one attached hydrogen (secondary N) is 1. The number of aliphatic hydroxyl groups excluding tert-OH is 1. The van der Waals surface area contributed by atoms with E-state index >= 15 is 0 Å². The second-order valence-corrected chi connectivity index (χ2v) is 8.24. The number of benzene rings is 1. The van der Waals surface area contributed by atoms with E-state index in [0.29, 0.717) is 18.4 Å². The molecule has 0 amide bonds. The molecule has 0 radical (unpaired) electrons. The van der Waals surface area contributed by atoms with Crippen LogP contribution in [0.3, 0.4) is 0 Å². The van der Waals surface area contributed by atoms with E-state index in [1.54, 1.807) is 6.07 Å². The average Bonchev–Trinajstić information content (AvgIpc) is 2.58. The van der Waals surface area contributed by atoms with Crippen LogP contribution in [0.25, 0.3) is 11.3 Å². The number of pyridine rings is 1. The molecule has 9 heteroatoms. The van der Waals surface area contributed by atoms with Crippen LogP contribution in [-0.4, -0.2) is 31.2 Å². The van der Waals surface area contributed by atoms with Gasteiger partial charge in [-0.15, -0.1) is 0 Å². The second-order valence-electron chi connectivity index (χ2n) is 6.12. The molecular formula is C17H15ClFN3O3S. The minimum atomic E-state index is -3.74. The summed E-state index contributed by atoms with van der Waals surface area (Å²) in [6.45, 7) is 0.0497. The maximum atomic E-state index is 13.4. The molecule has 6 nitrogen and oxygen atoms in total. The van der Waals surface area contributed by atoms with Crippen molar-refractivity contribution in [2.75, 3.05) is 6.61 Å². The van der Waals surface area contributed by atoms with Gasteiger partial charge in [-0.2, -0.15) is 5.26 Å².